The summed E-state index contributed by atoms with van der Waals surface area (Å²) in [6.07, 6.45) is 3.95. The predicted molar refractivity (Wildman–Crippen MR) is 87.3 cm³/mol. The highest BCUT2D eigenvalue weighted by atomic mass is 16.5. The van der Waals surface area contributed by atoms with Crippen molar-refractivity contribution in [3.63, 3.8) is 0 Å². The van der Waals surface area contributed by atoms with Gasteiger partial charge in [-0.25, -0.2) is 14.5 Å². The summed E-state index contributed by atoms with van der Waals surface area (Å²) in [5, 5.41) is 16.5. The van der Waals surface area contributed by atoms with Crippen LogP contribution in [0.25, 0.3) is 16.9 Å². The molecular formula is C15H18N6O3. The maximum atomic E-state index is 8.86. The summed E-state index contributed by atoms with van der Waals surface area (Å²) in [6, 6.07) is 3.92. The lowest BCUT2D eigenvalue weighted by Crippen LogP contribution is -2.07. The molecule has 0 radical (unpaired) electrons. The van der Waals surface area contributed by atoms with Gasteiger partial charge >= 0.3 is 6.01 Å². The molecule has 0 spiro atoms. The number of nitrogens with zero attached hydrogens (tertiary/aromatic N) is 5. The van der Waals surface area contributed by atoms with Crippen LogP contribution in [0.5, 0.6) is 11.9 Å². The van der Waals surface area contributed by atoms with Crippen molar-refractivity contribution in [2.45, 2.75) is 6.42 Å². The molecule has 3 aromatic heterocycles. The van der Waals surface area contributed by atoms with E-state index in [2.05, 4.69) is 25.4 Å². The van der Waals surface area contributed by atoms with E-state index < -0.39 is 0 Å². The first-order chi connectivity index (χ1) is 11.8. The Morgan fingerprint density at radius 1 is 1.17 bits per heavy atom. The van der Waals surface area contributed by atoms with Gasteiger partial charge in [-0.05, 0) is 18.6 Å². The topological polar surface area (TPSA) is 107 Å². The van der Waals surface area contributed by atoms with Gasteiger partial charge in [-0.15, -0.1) is 5.10 Å². The minimum atomic E-state index is 0.131. The third-order valence-corrected chi connectivity index (χ3v) is 3.39. The normalized spacial score (nSPS) is 10.8. The maximum Gasteiger partial charge on any atom is 0.319 e. The van der Waals surface area contributed by atoms with Crippen molar-refractivity contribution >= 4 is 11.5 Å². The van der Waals surface area contributed by atoms with Crippen LogP contribution in [0.2, 0.25) is 0 Å². The van der Waals surface area contributed by atoms with Crippen LogP contribution in [-0.4, -0.2) is 57.0 Å². The average Bonchev–Trinajstić information content (AvgIpc) is 3.04. The zero-order valence-electron chi connectivity index (χ0n) is 13.4. The molecule has 24 heavy (non-hydrogen) atoms. The highest BCUT2D eigenvalue weighted by Crippen LogP contribution is 2.29. The third kappa shape index (κ3) is 3.06. The Morgan fingerprint density at radius 2 is 2.04 bits per heavy atom. The van der Waals surface area contributed by atoms with Gasteiger partial charge in [0.15, 0.2) is 5.65 Å². The van der Waals surface area contributed by atoms with Gasteiger partial charge < -0.3 is 19.9 Å². The summed E-state index contributed by atoms with van der Waals surface area (Å²) in [7, 11) is 3.03. The molecule has 0 saturated heterocycles. The lowest BCUT2D eigenvalue weighted by Gasteiger charge is -2.09. The van der Waals surface area contributed by atoms with Gasteiger partial charge in [0.2, 0.25) is 5.88 Å². The molecule has 0 bridgehead atoms. The highest BCUT2D eigenvalue weighted by Gasteiger charge is 2.15. The summed E-state index contributed by atoms with van der Waals surface area (Å²) < 4.78 is 12.0. The minimum absolute atomic E-state index is 0.131. The van der Waals surface area contributed by atoms with E-state index in [1.807, 2.05) is 12.1 Å². The van der Waals surface area contributed by atoms with Crippen LogP contribution in [0.4, 0.5) is 5.82 Å². The quantitative estimate of drug-likeness (QED) is 0.618. The van der Waals surface area contributed by atoms with Crippen LogP contribution in [0.1, 0.15) is 6.42 Å². The van der Waals surface area contributed by atoms with Gasteiger partial charge in [-0.2, -0.15) is 4.98 Å². The Hall–Kier alpha value is -2.94. The van der Waals surface area contributed by atoms with E-state index in [9.17, 15) is 0 Å². The fourth-order valence-corrected chi connectivity index (χ4v) is 2.23. The van der Waals surface area contributed by atoms with E-state index in [1.54, 1.807) is 16.9 Å². The molecule has 2 N–H and O–H groups in total. The zero-order chi connectivity index (χ0) is 16.9. The Bertz CT molecular complexity index is 835. The van der Waals surface area contributed by atoms with Crippen LogP contribution in [0.3, 0.4) is 0 Å². The Labute approximate surface area is 138 Å². The Kier molecular flexibility index (Phi) is 4.71. The molecule has 0 fully saturated rings. The molecule has 126 valence electrons. The molecule has 9 heteroatoms. The molecule has 3 rings (SSSR count). The first kappa shape index (κ1) is 15.9. The summed E-state index contributed by atoms with van der Waals surface area (Å²) in [5.74, 6) is 1.06. The molecule has 3 aromatic rings. The standard InChI is InChI=1S/C15H18N6O3/c1-23-14-10(8-18-15(19-14)24-2)11-9-17-13-5-4-12(20-21(11)13)16-6-3-7-22/h4-5,8-9,22H,3,6-7H2,1-2H3,(H,16,20). The summed E-state index contributed by atoms with van der Waals surface area (Å²) in [5.41, 5.74) is 2.05. The van der Waals surface area contributed by atoms with Crippen molar-refractivity contribution in [2.24, 2.45) is 0 Å². The van der Waals surface area contributed by atoms with Crippen molar-refractivity contribution in [3.05, 3.63) is 24.5 Å². The lowest BCUT2D eigenvalue weighted by atomic mass is 10.2. The van der Waals surface area contributed by atoms with E-state index >= 15 is 0 Å². The zero-order valence-corrected chi connectivity index (χ0v) is 13.4. The van der Waals surface area contributed by atoms with Crippen molar-refractivity contribution < 1.29 is 14.6 Å². The molecule has 0 aliphatic carbocycles. The predicted octanol–water partition coefficient (Wildman–Crippen LogP) is 0.998. The fourth-order valence-electron chi connectivity index (χ4n) is 2.23. The van der Waals surface area contributed by atoms with Crippen molar-refractivity contribution in [1.82, 2.24) is 24.6 Å². The number of aliphatic hydroxyl groups is 1. The van der Waals surface area contributed by atoms with Gasteiger partial charge in [0, 0.05) is 19.3 Å². The molecule has 0 amide bonds. The molecule has 0 saturated carbocycles. The Balaban J connectivity index is 2.01. The summed E-state index contributed by atoms with van der Waals surface area (Å²) in [6.45, 7) is 0.764. The van der Waals surface area contributed by atoms with Crippen molar-refractivity contribution in [2.75, 3.05) is 32.7 Å². The second kappa shape index (κ2) is 7.09. The SMILES string of the molecule is COc1ncc(-c2cnc3ccc(NCCCO)nn23)c(OC)n1. The van der Waals surface area contributed by atoms with E-state index in [-0.39, 0.29) is 12.6 Å². The molecule has 0 aliphatic rings. The van der Waals surface area contributed by atoms with Crippen molar-refractivity contribution in [3.8, 4) is 23.1 Å². The number of ether oxygens (including phenoxy) is 2. The molecule has 0 aliphatic heterocycles. The van der Waals surface area contributed by atoms with Gasteiger partial charge in [0.05, 0.1) is 31.7 Å². The molecule has 0 atom stereocenters. The monoisotopic (exact) mass is 330 g/mol. The molecule has 0 aromatic carbocycles. The second-order valence-corrected chi connectivity index (χ2v) is 4.92. The first-order valence-electron chi connectivity index (χ1n) is 7.41. The fraction of sp³-hybridized carbons (Fsp3) is 0.333. The highest BCUT2D eigenvalue weighted by molar-refractivity contribution is 5.67. The molecular weight excluding hydrogens is 312 g/mol. The number of anilines is 1. The van der Waals surface area contributed by atoms with Crippen LogP contribution < -0.4 is 14.8 Å². The average molecular weight is 330 g/mol. The minimum Gasteiger partial charge on any atom is -0.480 e. The number of imidazole rings is 1. The number of aromatic nitrogens is 5. The van der Waals surface area contributed by atoms with Crippen LogP contribution in [0, 0.1) is 0 Å². The molecule has 9 nitrogen and oxygen atoms in total. The van der Waals surface area contributed by atoms with Crippen LogP contribution in [-0.2, 0) is 0 Å². The number of hydrogen-bond acceptors (Lipinski definition) is 8. The van der Waals surface area contributed by atoms with Gasteiger partial charge in [0.1, 0.15) is 5.82 Å². The number of aliphatic hydroxyl groups excluding tert-OH is 1. The third-order valence-electron chi connectivity index (χ3n) is 3.39. The number of methoxy groups -OCH3 is 2. The van der Waals surface area contributed by atoms with E-state index in [0.717, 1.165) is 0 Å². The number of rotatable bonds is 7. The van der Waals surface area contributed by atoms with Gasteiger partial charge in [-0.1, -0.05) is 0 Å². The first-order valence-corrected chi connectivity index (χ1v) is 7.41. The lowest BCUT2D eigenvalue weighted by molar-refractivity contribution is 0.292. The molecule has 0 unspecified atom stereocenters. The van der Waals surface area contributed by atoms with E-state index in [4.69, 9.17) is 14.6 Å². The maximum absolute atomic E-state index is 8.86. The van der Waals surface area contributed by atoms with Crippen LogP contribution in [0.15, 0.2) is 24.5 Å². The van der Waals surface area contributed by atoms with Gasteiger partial charge in [-0.3, -0.25) is 0 Å². The largest absolute Gasteiger partial charge is 0.480 e. The number of hydrogen-bond donors (Lipinski definition) is 2. The number of fused-ring (bicyclic) bond motifs is 1. The second-order valence-electron chi connectivity index (χ2n) is 4.92. The van der Waals surface area contributed by atoms with E-state index in [1.165, 1.54) is 14.2 Å². The molecule has 3 heterocycles. The number of nitrogens with one attached hydrogen (secondary N) is 1. The Morgan fingerprint density at radius 3 is 2.79 bits per heavy atom. The smallest absolute Gasteiger partial charge is 0.319 e. The summed E-state index contributed by atoms with van der Waals surface area (Å²) >= 11 is 0. The van der Waals surface area contributed by atoms with Gasteiger partial charge in [0.25, 0.3) is 0 Å². The summed E-state index contributed by atoms with van der Waals surface area (Å²) in [4.78, 5) is 12.7. The van der Waals surface area contributed by atoms with Crippen molar-refractivity contribution in [1.29, 1.82) is 0 Å². The van der Waals surface area contributed by atoms with Crippen LogP contribution >= 0.6 is 0 Å². The van der Waals surface area contributed by atoms with E-state index in [0.29, 0.717) is 41.6 Å².